The van der Waals surface area contributed by atoms with Crippen LogP contribution in [0.25, 0.3) is 0 Å². The van der Waals surface area contributed by atoms with Gasteiger partial charge in [0.25, 0.3) is 5.66 Å². The third-order valence-electron chi connectivity index (χ3n) is 4.08. The normalized spacial score (nSPS) is 18.7. The van der Waals surface area contributed by atoms with E-state index in [1.807, 2.05) is 13.8 Å². The first kappa shape index (κ1) is 17.9. The van der Waals surface area contributed by atoms with Crippen LogP contribution in [0.15, 0.2) is 9.98 Å². The summed E-state index contributed by atoms with van der Waals surface area (Å²) in [5.74, 6) is -1.01. The molecule has 0 amide bonds. The lowest BCUT2D eigenvalue weighted by molar-refractivity contribution is -0.145. The van der Waals surface area contributed by atoms with Gasteiger partial charge in [-0.3, -0.25) is 0 Å². The molecule has 0 saturated carbocycles. The maximum atomic E-state index is 12.0. The predicted molar refractivity (Wildman–Crippen MR) is 88.2 cm³/mol. The van der Waals surface area contributed by atoms with Crippen molar-refractivity contribution in [3.8, 4) is 0 Å². The average molecular weight is 294 g/mol. The number of aliphatic imine (C=N–C) groups is 2. The van der Waals surface area contributed by atoms with Crippen LogP contribution in [-0.4, -0.2) is 28.2 Å². The van der Waals surface area contributed by atoms with Crippen molar-refractivity contribution in [3.63, 3.8) is 0 Å². The summed E-state index contributed by atoms with van der Waals surface area (Å²) in [6.45, 7) is 16.4. The summed E-state index contributed by atoms with van der Waals surface area (Å²) in [6, 6.07) is 0. The van der Waals surface area contributed by atoms with E-state index in [-0.39, 0.29) is 16.7 Å². The topological polar surface area (TPSA) is 62.0 Å². The van der Waals surface area contributed by atoms with Crippen molar-refractivity contribution in [1.29, 1.82) is 0 Å². The van der Waals surface area contributed by atoms with Crippen LogP contribution in [0.4, 0.5) is 0 Å². The Kier molecular flexibility index (Phi) is 4.71. The number of nitrogens with zero attached hydrogens (tertiary/aromatic N) is 2. The summed E-state index contributed by atoms with van der Waals surface area (Å²) in [5.41, 5.74) is -0.0898. The highest BCUT2D eigenvalue weighted by Crippen LogP contribution is 2.40. The third kappa shape index (κ3) is 3.19. The van der Waals surface area contributed by atoms with Crippen LogP contribution in [0.1, 0.15) is 68.2 Å². The standard InChI is InChI=1S/C17H30N2O2/c1-9-11(10-2)17(14(20)21)18-12(15(3,4)5)13(19-17)16(6,7)8/h11H,9-10H2,1-8H3,(H,20,21). The van der Waals surface area contributed by atoms with Gasteiger partial charge in [0.1, 0.15) is 0 Å². The van der Waals surface area contributed by atoms with Crippen LogP contribution < -0.4 is 0 Å². The van der Waals surface area contributed by atoms with Gasteiger partial charge in [0.15, 0.2) is 0 Å². The minimum absolute atomic E-state index is 0.0767. The SMILES string of the molecule is CCC(CC)C1(C(=O)O)N=C(C(C)(C)C)C(C(C)(C)C)=N1. The van der Waals surface area contributed by atoms with E-state index < -0.39 is 11.6 Å². The van der Waals surface area contributed by atoms with Gasteiger partial charge in [-0.05, 0) is 12.8 Å². The highest BCUT2D eigenvalue weighted by atomic mass is 16.4. The van der Waals surface area contributed by atoms with Crippen LogP contribution in [0.5, 0.6) is 0 Å². The number of carbonyl (C=O) groups is 1. The molecular formula is C17H30N2O2. The van der Waals surface area contributed by atoms with Gasteiger partial charge in [-0.15, -0.1) is 0 Å². The maximum absolute atomic E-state index is 12.0. The van der Waals surface area contributed by atoms with Crippen molar-refractivity contribution in [2.24, 2.45) is 26.7 Å². The second-order valence-corrected chi connectivity index (χ2v) is 7.97. The summed E-state index contributed by atoms with van der Waals surface area (Å²) in [6.07, 6.45) is 1.51. The van der Waals surface area contributed by atoms with E-state index in [9.17, 15) is 9.90 Å². The Hall–Kier alpha value is -1.19. The lowest BCUT2D eigenvalue weighted by atomic mass is 9.78. The summed E-state index contributed by atoms with van der Waals surface area (Å²) >= 11 is 0. The average Bonchev–Trinajstić information content (AvgIpc) is 2.72. The molecule has 0 saturated heterocycles. The predicted octanol–water partition coefficient (Wildman–Crippen LogP) is 4.19. The molecule has 0 bridgehead atoms. The number of carboxylic acids is 1. The van der Waals surface area contributed by atoms with Crippen LogP contribution in [0.2, 0.25) is 0 Å². The Labute approximate surface area is 128 Å². The fourth-order valence-corrected chi connectivity index (χ4v) is 2.83. The lowest BCUT2D eigenvalue weighted by Gasteiger charge is -2.27. The summed E-state index contributed by atoms with van der Waals surface area (Å²) < 4.78 is 0. The molecule has 0 unspecified atom stereocenters. The van der Waals surface area contributed by atoms with E-state index in [1.54, 1.807) is 0 Å². The number of hydrogen-bond acceptors (Lipinski definition) is 3. The molecule has 4 heteroatoms. The molecule has 1 heterocycles. The van der Waals surface area contributed by atoms with Gasteiger partial charge in [0.2, 0.25) is 0 Å². The van der Waals surface area contributed by atoms with E-state index in [1.165, 1.54) is 0 Å². The fourth-order valence-electron chi connectivity index (χ4n) is 2.83. The summed E-state index contributed by atoms with van der Waals surface area (Å²) in [4.78, 5) is 21.4. The molecule has 4 nitrogen and oxygen atoms in total. The summed E-state index contributed by atoms with van der Waals surface area (Å²) in [5, 5.41) is 9.85. The molecule has 21 heavy (non-hydrogen) atoms. The molecule has 0 fully saturated rings. The molecule has 1 N–H and O–H groups in total. The highest BCUT2D eigenvalue weighted by molar-refractivity contribution is 6.47. The number of carboxylic acid groups (broad SMARTS) is 1. The largest absolute Gasteiger partial charge is 0.478 e. The zero-order valence-corrected chi connectivity index (χ0v) is 14.7. The van der Waals surface area contributed by atoms with Crippen molar-refractivity contribution >= 4 is 17.4 Å². The Morgan fingerprint density at radius 1 is 1.00 bits per heavy atom. The van der Waals surface area contributed by atoms with E-state index in [0.29, 0.717) is 0 Å². The van der Waals surface area contributed by atoms with Crippen LogP contribution >= 0.6 is 0 Å². The van der Waals surface area contributed by atoms with Gasteiger partial charge >= 0.3 is 5.97 Å². The molecule has 0 aromatic carbocycles. The fraction of sp³-hybridized carbons (Fsp3) is 0.824. The minimum Gasteiger partial charge on any atom is -0.478 e. The van der Waals surface area contributed by atoms with E-state index in [4.69, 9.17) is 9.98 Å². The molecular weight excluding hydrogens is 264 g/mol. The van der Waals surface area contributed by atoms with E-state index in [0.717, 1.165) is 24.3 Å². The third-order valence-corrected chi connectivity index (χ3v) is 4.08. The summed E-state index contributed by atoms with van der Waals surface area (Å²) in [7, 11) is 0. The van der Waals surface area contributed by atoms with Gasteiger partial charge in [0, 0.05) is 16.7 Å². The van der Waals surface area contributed by atoms with Crippen molar-refractivity contribution in [1.82, 2.24) is 0 Å². The van der Waals surface area contributed by atoms with Crippen molar-refractivity contribution in [2.45, 2.75) is 73.9 Å². The van der Waals surface area contributed by atoms with Gasteiger partial charge in [0.05, 0.1) is 11.4 Å². The molecule has 1 aliphatic rings. The second kappa shape index (κ2) is 5.54. The first-order valence-corrected chi connectivity index (χ1v) is 7.84. The molecule has 0 spiro atoms. The first-order valence-electron chi connectivity index (χ1n) is 7.84. The van der Waals surface area contributed by atoms with E-state index in [2.05, 4.69) is 41.5 Å². The number of rotatable bonds is 4. The zero-order chi connectivity index (χ0) is 16.6. The molecule has 120 valence electrons. The number of hydrogen-bond donors (Lipinski definition) is 1. The Morgan fingerprint density at radius 3 is 1.52 bits per heavy atom. The smallest absolute Gasteiger partial charge is 0.354 e. The first-order chi connectivity index (χ1) is 9.40. The molecule has 1 rings (SSSR count). The molecule has 0 radical (unpaired) electrons. The lowest BCUT2D eigenvalue weighted by Crippen LogP contribution is -2.41. The zero-order valence-electron chi connectivity index (χ0n) is 14.7. The maximum Gasteiger partial charge on any atom is 0.354 e. The molecule has 0 aliphatic carbocycles. The van der Waals surface area contributed by atoms with Crippen molar-refractivity contribution in [3.05, 3.63) is 0 Å². The van der Waals surface area contributed by atoms with Gasteiger partial charge < -0.3 is 5.11 Å². The van der Waals surface area contributed by atoms with Crippen LogP contribution in [0, 0.1) is 16.7 Å². The molecule has 0 atom stereocenters. The van der Waals surface area contributed by atoms with E-state index >= 15 is 0 Å². The Balaban J connectivity index is 3.59. The van der Waals surface area contributed by atoms with Crippen LogP contribution in [-0.2, 0) is 4.79 Å². The molecule has 0 aromatic rings. The van der Waals surface area contributed by atoms with Gasteiger partial charge in [-0.2, -0.15) is 0 Å². The van der Waals surface area contributed by atoms with Crippen LogP contribution in [0.3, 0.4) is 0 Å². The second-order valence-electron chi connectivity index (χ2n) is 7.97. The Morgan fingerprint density at radius 2 is 1.33 bits per heavy atom. The Bertz CT molecular complexity index is 442. The quantitative estimate of drug-likeness (QED) is 0.845. The van der Waals surface area contributed by atoms with Crippen molar-refractivity contribution in [2.75, 3.05) is 0 Å². The molecule has 1 aliphatic heterocycles. The number of aliphatic carboxylic acids is 1. The molecule has 0 aromatic heterocycles. The minimum atomic E-state index is -1.34. The monoisotopic (exact) mass is 294 g/mol. The van der Waals surface area contributed by atoms with Gasteiger partial charge in [-0.1, -0.05) is 55.4 Å². The van der Waals surface area contributed by atoms with Crippen molar-refractivity contribution < 1.29 is 9.90 Å². The van der Waals surface area contributed by atoms with Gasteiger partial charge in [-0.25, -0.2) is 14.8 Å². The highest BCUT2D eigenvalue weighted by Gasteiger charge is 2.51.